The number of ether oxygens (including phenoxy) is 1. The van der Waals surface area contributed by atoms with Gasteiger partial charge in [0.25, 0.3) is 0 Å². The smallest absolute Gasteiger partial charge is 0.0647 e. The van der Waals surface area contributed by atoms with Crippen LogP contribution in [0.4, 0.5) is 0 Å². The lowest BCUT2D eigenvalue weighted by atomic mass is 9.84. The summed E-state index contributed by atoms with van der Waals surface area (Å²) in [6.07, 6.45) is 2.47. The average molecular weight is 254 g/mol. The summed E-state index contributed by atoms with van der Waals surface area (Å²) in [5.74, 6) is 0.687. The molecule has 18 heavy (non-hydrogen) atoms. The number of rotatable bonds is 2. The molecule has 2 aliphatic rings. The summed E-state index contributed by atoms with van der Waals surface area (Å²) < 4.78 is 5.77. The molecule has 1 N–H and O–H groups in total. The van der Waals surface area contributed by atoms with Gasteiger partial charge in [-0.25, -0.2) is 0 Å². The average Bonchev–Trinajstić information content (AvgIpc) is 2.28. The summed E-state index contributed by atoms with van der Waals surface area (Å²) in [5.41, 5.74) is 0.443. The highest BCUT2D eigenvalue weighted by Gasteiger charge is 2.44. The van der Waals surface area contributed by atoms with Crippen molar-refractivity contribution in [3.8, 4) is 0 Å². The van der Waals surface area contributed by atoms with E-state index in [2.05, 4.69) is 44.8 Å². The van der Waals surface area contributed by atoms with Crippen LogP contribution in [0.3, 0.4) is 0 Å². The zero-order chi connectivity index (χ0) is 13.4. The standard InChI is InChI=1S/C15H30N2O/c1-12(2)13-9-16-14(3,4)10-17(13)15(5)7-6-8-18-11-15/h12-13,16H,6-11H2,1-5H3. The van der Waals surface area contributed by atoms with Gasteiger partial charge in [-0.05, 0) is 39.5 Å². The van der Waals surface area contributed by atoms with E-state index in [1.54, 1.807) is 0 Å². The predicted molar refractivity (Wildman–Crippen MR) is 75.9 cm³/mol. The fourth-order valence-electron chi connectivity index (χ4n) is 3.42. The van der Waals surface area contributed by atoms with E-state index in [-0.39, 0.29) is 11.1 Å². The zero-order valence-corrected chi connectivity index (χ0v) is 12.8. The molecule has 2 aliphatic heterocycles. The van der Waals surface area contributed by atoms with Crippen LogP contribution in [0.15, 0.2) is 0 Å². The van der Waals surface area contributed by atoms with Crippen LogP contribution in [0.2, 0.25) is 0 Å². The predicted octanol–water partition coefficient (Wildman–Crippen LogP) is 2.26. The Balaban J connectivity index is 2.18. The molecule has 106 valence electrons. The van der Waals surface area contributed by atoms with Gasteiger partial charge in [0.1, 0.15) is 0 Å². The summed E-state index contributed by atoms with van der Waals surface area (Å²) in [6.45, 7) is 15.7. The maximum absolute atomic E-state index is 5.77. The van der Waals surface area contributed by atoms with Gasteiger partial charge in [0.15, 0.2) is 0 Å². The molecule has 2 heterocycles. The molecule has 2 rings (SSSR count). The number of piperazine rings is 1. The van der Waals surface area contributed by atoms with Crippen molar-refractivity contribution in [1.29, 1.82) is 0 Å². The van der Waals surface area contributed by atoms with Gasteiger partial charge in [-0.2, -0.15) is 0 Å². The molecule has 2 atom stereocenters. The van der Waals surface area contributed by atoms with E-state index in [1.165, 1.54) is 12.8 Å². The van der Waals surface area contributed by atoms with Gasteiger partial charge < -0.3 is 10.1 Å². The molecule has 0 amide bonds. The van der Waals surface area contributed by atoms with E-state index in [4.69, 9.17) is 4.74 Å². The largest absolute Gasteiger partial charge is 0.380 e. The quantitative estimate of drug-likeness (QED) is 0.818. The van der Waals surface area contributed by atoms with Crippen LogP contribution in [0.1, 0.15) is 47.5 Å². The van der Waals surface area contributed by atoms with E-state index in [9.17, 15) is 0 Å². The zero-order valence-electron chi connectivity index (χ0n) is 12.8. The number of hydrogen-bond acceptors (Lipinski definition) is 3. The maximum Gasteiger partial charge on any atom is 0.0647 e. The van der Waals surface area contributed by atoms with Crippen LogP contribution in [0.25, 0.3) is 0 Å². The van der Waals surface area contributed by atoms with Gasteiger partial charge >= 0.3 is 0 Å². The Morgan fingerprint density at radius 2 is 2.00 bits per heavy atom. The van der Waals surface area contributed by atoms with Gasteiger partial charge in [-0.3, -0.25) is 4.90 Å². The van der Waals surface area contributed by atoms with Crippen LogP contribution in [-0.4, -0.2) is 48.3 Å². The Morgan fingerprint density at radius 3 is 2.56 bits per heavy atom. The highest BCUT2D eigenvalue weighted by atomic mass is 16.5. The van der Waals surface area contributed by atoms with Crippen molar-refractivity contribution in [2.24, 2.45) is 5.92 Å². The molecule has 0 aliphatic carbocycles. The summed E-state index contributed by atoms with van der Waals surface area (Å²) in [5, 5.41) is 3.69. The maximum atomic E-state index is 5.77. The lowest BCUT2D eigenvalue weighted by Crippen LogP contribution is -2.69. The van der Waals surface area contributed by atoms with Crippen LogP contribution in [0, 0.1) is 5.92 Å². The number of hydrogen-bond donors (Lipinski definition) is 1. The topological polar surface area (TPSA) is 24.5 Å². The Hall–Kier alpha value is -0.120. The molecule has 0 saturated carbocycles. The molecule has 0 aromatic rings. The second-order valence-electron chi connectivity index (χ2n) is 7.36. The summed E-state index contributed by atoms with van der Waals surface area (Å²) in [4.78, 5) is 2.73. The van der Waals surface area contributed by atoms with Crippen molar-refractivity contribution in [3.05, 3.63) is 0 Å². The fraction of sp³-hybridized carbons (Fsp3) is 1.00. The molecular weight excluding hydrogens is 224 g/mol. The third kappa shape index (κ3) is 2.89. The van der Waals surface area contributed by atoms with Crippen molar-refractivity contribution < 1.29 is 4.74 Å². The first-order valence-corrected chi connectivity index (χ1v) is 7.44. The Labute approximate surface area is 112 Å². The third-order valence-corrected chi connectivity index (χ3v) is 4.64. The second kappa shape index (κ2) is 5.10. The van der Waals surface area contributed by atoms with Crippen molar-refractivity contribution in [2.75, 3.05) is 26.3 Å². The lowest BCUT2D eigenvalue weighted by Gasteiger charge is -2.55. The van der Waals surface area contributed by atoms with E-state index in [0.29, 0.717) is 12.0 Å². The molecule has 0 radical (unpaired) electrons. The Morgan fingerprint density at radius 1 is 1.28 bits per heavy atom. The summed E-state index contributed by atoms with van der Waals surface area (Å²) in [6, 6.07) is 0.629. The van der Waals surface area contributed by atoms with E-state index < -0.39 is 0 Å². The first-order valence-electron chi connectivity index (χ1n) is 7.44. The minimum Gasteiger partial charge on any atom is -0.380 e. The van der Waals surface area contributed by atoms with Crippen LogP contribution >= 0.6 is 0 Å². The van der Waals surface area contributed by atoms with E-state index in [1.807, 2.05) is 0 Å². The minimum absolute atomic E-state index is 0.214. The molecule has 3 heteroatoms. The molecule has 0 aromatic heterocycles. The fourth-order valence-corrected chi connectivity index (χ4v) is 3.42. The van der Waals surface area contributed by atoms with Gasteiger partial charge in [-0.1, -0.05) is 13.8 Å². The lowest BCUT2D eigenvalue weighted by molar-refractivity contribution is -0.0883. The van der Waals surface area contributed by atoms with Gasteiger partial charge in [-0.15, -0.1) is 0 Å². The molecule has 2 unspecified atom stereocenters. The minimum atomic E-state index is 0.214. The van der Waals surface area contributed by atoms with Crippen molar-refractivity contribution in [2.45, 2.75) is 64.6 Å². The van der Waals surface area contributed by atoms with Gasteiger partial charge in [0.2, 0.25) is 0 Å². The molecule has 0 bridgehead atoms. The number of nitrogens with one attached hydrogen (secondary N) is 1. The first kappa shape index (κ1) is 14.3. The molecule has 3 nitrogen and oxygen atoms in total. The van der Waals surface area contributed by atoms with Crippen LogP contribution < -0.4 is 5.32 Å². The summed E-state index contributed by atoms with van der Waals surface area (Å²) >= 11 is 0. The highest BCUT2D eigenvalue weighted by molar-refractivity contribution is 5.01. The highest BCUT2D eigenvalue weighted by Crippen LogP contribution is 2.33. The molecular formula is C15H30N2O. The molecule has 2 fully saturated rings. The van der Waals surface area contributed by atoms with Gasteiger partial charge in [0.05, 0.1) is 6.61 Å². The van der Waals surface area contributed by atoms with Crippen molar-refractivity contribution in [1.82, 2.24) is 10.2 Å². The molecule has 2 saturated heterocycles. The molecule has 0 spiro atoms. The first-order chi connectivity index (χ1) is 8.34. The van der Waals surface area contributed by atoms with Crippen molar-refractivity contribution in [3.63, 3.8) is 0 Å². The third-order valence-electron chi connectivity index (χ3n) is 4.64. The monoisotopic (exact) mass is 254 g/mol. The molecule has 0 aromatic carbocycles. The Kier molecular flexibility index (Phi) is 4.05. The normalized spacial score (nSPS) is 38.0. The van der Waals surface area contributed by atoms with Crippen LogP contribution in [0.5, 0.6) is 0 Å². The van der Waals surface area contributed by atoms with Gasteiger partial charge in [0, 0.05) is 36.8 Å². The van der Waals surface area contributed by atoms with E-state index >= 15 is 0 Å². The van der Waals surface area contributed by atoms with Crippen molar-refractivity contribution >= 4 is 0 Å². The Bertz CT molecular complexity index is 282. The van der Waals surface area contributed by atoms with Crippen LogP contribution in [-0.2, 0) is 4.74 Å². The van der Waals surface area contributed by atoms with E-state index in [0.717, 1.165) is 26.3 Å². The number of nitrogens with zero attached hydrogens (tertiary/aromatic N) is 1. The summed E-state index contributed by atoms with van der Waals surface area (Å²) in [7, 11) is 0. The second-order valence-corrected chi connectivity index (χ2v) is 7.36. The SMILES string of the molecule is CC(C)C1CNC(C)(C)CN1C1(C)CCCOC1.